The number of hydrogen-bond acceptors (Lipinski definition) is 6. The molecule has 0 unspecified atom stereocenters. The molecule has 0 aliphatic rings. The van der Waals surface area contributed by atoms with Gasteiger partial charge in [0.05, 0.1) is 6.21 Å². The lowest BCUT2D eigenvalue weighted by molar-refractivity contribution is 0.474. The molecule has 0 saturated heterocycles. The average Bonchev–Trinajstić information content (AvgIpc) is 3.03. The summed E-state index contributed by atoms with van der Waals surface area (Å²) in [5, 5.41) is 21.4. The maximum atomic E-state index is 9.69. The highest BCUT2D eigenvalue weighted by atomic mass is 32.2. The minimum Gasteiger partial charge on any atom is -0.507 e. The molecule has 0 radical (unpaired) electrons. The molecule has 3 aromatic rings. The van der Waals surface area contributed by atoms with Gasteiger partial charge in [-0.2, -0.15) is 10.1 Å². The van der Waals surface area contributed by atoms with Crippen molar-refractivity contribution in [2.24, 2.45) is 5.10 Å². The van der Waals surface area contributed by atoms with Gasteiger partial charge in [0.2, 0.25) is 11.1 Å². The molecule has 1 heterocycles. The van der Waals surface area contributed by atoms with Gasteiger partial charge in [0, 0.05) is 11.3 Å². The number of benzene rings is 2. The van der Waals surface area contributed by atoms with Gasteiger partial charge in [-0.05, 0) is 49.6 Å². The normalized spacial score (nSPS) is 11.2. The van der Waals surface area contributed by atoms with Crippen LogP contribution < -0.4 is 5.43 Å². The van der Waals surface area contributed by atoms with Gasteiger partial charge in [0.15, 0.2) is 0 Å². The fraction of sp³-hybridized carbons (Fsp3) is 0.211. The summed E-state index contributed by atoms with van der Waals surface area (Å²) in [6.45, 7) is 6.38. The molecule has 134 valence electrons. The molecule has 0 amide bonds. The number of aromatic nitrogens is 3. The molecule has 1 aromatic heterocycles. The number of aryl methyl sites for hydroxylation is 3. The lowest BCUT2D eigenvalue weighted by atomic mass is 10.0. The zero-order chi connectivity index (χ0) is 18.5. The number of phenolic OH excluding ortho intramolecular Hbond substituents is 1. The van der Waals surface area contributed by atoms with E-state index >= 15 is 0 Å². The van der Waals surface area contributed by atoms with E-state index in [0.717, 1.165) is 5.75 Å². The number of thioether (sulfide) groups is 1. The van der Waals surface area contributed by atoms with Crippen LogP contribution in [0, 0.1) is 20.8 Å². The van der Waals surface area contributed by atoms with Crippen molar-refractivity contribution in [1.82, 2.24) is 15.2 Å². The summed E-state index contributed by atoms with van der Waals surface area (Å²) in [6, 6.07) is 11.4. The van der Waals surface area contributed by atoms with E-state index in [9.17, 15) is 5.11 Å². The summed E-state index contributed by atoms with van der Waals surface area (Å²) in [5.41, 5.74) is 8.58. The summed E-state index contributed by atoms with van der Waals surface area (Å²) in [4.78, 5) is 4.36. The third-order valence-electron chi connectivity index (χ3n) is 3.96. The molecular formula is C19H21N5OS. The Morgan fingerprint density at radius 2 is 1.92 bits per heavy atom. The Hall–Kier alpha value is -2.80. The number of H-pyrrole nitrogens is 1. The Morgan fingerprint density at radius 3 is 2.65 bits per heavy atom. The summed E-state index contributed by atoms with van der Waals surface area (Å²) in [7, 11) is 0. The first-order valence-corrected chi connectivity index (χ1v) is 9.20. The van der Waals surface area contributed by atoms with E-state index in [1.54, 1.807) is 30.0 Å². The molecule has 0 bridgehead atoms. The van der Waals surface area contributed by atoms with Crippen molar-refractivity contribution in [3.05, 3.63) is 64.2 Å². The number of nitrogens with one attached hydrogen (secondary N) is 2. The number of hydrogen-bond donors (Lipinski definition) is 3. The Kier molecular flexibility index (Phi) is 5.58. The van der Waals surface area contributed by atoms with Crippen LogP contribution in [0.25, 0.3) is 0 Å². The second-order valence-electron chi connectivity index (χ2n) is 6.06. The summed E-state index contributed by atoms with van der Waals surface area (Å²) in [5.74, 6) is 1.45. The van der Waals surface area contributed by atoms with E-state index in [1.165, 1.54) is 28.5 Å². The van der Waals surface area contributed by atoms with Gasteiger partial charge < -0.3 is 5.11 Å². The van der Waals surface area contributed by atoms with Crippen molar-refractivity contribution in [2.45, 2.75) is 31.7 Å². The lowest BCUT2D eigenvalue weighted by Crippen LogP contribution is -1.94. The number of phenols is 1. The lowest BCUT2D eigenvalue weighted by Gasteiger charge is -2.09. The van der Waals surface area contributed by atoms with Crippen LogP contribution in [0.1, 0.15) is 27.8 Å². The quantitative estimate of drug-likeness (QED) is 0.346. The van der Waals surface area contributed by atoms with Gasteiger partial charge in [0.1, 0.15) is 5.75 Å². The number of hydrazone groups is 1. The maximum absolute atomic E-state index is 9.69. The van der Waals surface area contributed by atoms with Gasteiger partial charge in [-0.3, -0.25) is 0 Å². The van der Waals surface area contributed by atoms with Crippen molar-refractivity contribution >= 4 is 23.9 Å². The van der Waals surface area contributed by atoms with Crippen LogP contribution in [-0.4, -0.2) is 26.5 Å². The zero-order valence-corrected chi connectivity index (χ0v) is 15.8. The predicted molar refractivity (Wildman–Crippen MR) is 106 cm³/mol. The number of aromatic hydroxyl groups is 1. The Morgan fingerprint density at radius 1 is 1.19 bits per heavy atom. The molecule has 0 fully saturated rings. The van der Waals surface area contributed by atoms with E-state index in [4.69, 9.17) is 0 Å². The second-order valence-corrected chi connectivity index (χ2v) is 7.00. The van der Waals surface area contributed by atoms with Crippen molar-refractivity contribution < 1.29 is 5.11 Å². The number of rotatable bonds is 6. The topological polar surface area (TPSA) is 86.2 Å². The van der Waals surface area contributed by atoms with E-state index < -0.39 is 0 Å². The standard InChI is InChI=1S/C19H21N5OS/c1-12-8-13(2)16(14(3)9-12)11-26-19-21-18(23-24-19)22-20-10-15-6-4-5-7-17(15)25/h4-10,25H,11H2,1-3H3,(H2,21,22,23,24)/b20-10+. The van der Waals surface area contributed by atoms with Crippen LogP contribution >= 0.6 is 11.8 Å². The molecule has 7 heteroatoms. The zero-order valence-electron chi connectivity index (χ0n) is 14.9. The van der Waals surface area contributed by atoms with Crippen molar-refractivity contribution in [2.75, 3.05) is 5.43 Å². The average molecular weight is 367 g/mol. The summed E-state index contributed by atoms with van der Waals surface area (Å²) in [6.07, 6.45) is 1.53. The van der Waals surface area contributed by atoms with Gasteiger partial charge >= 0.3 is 0 Å². The fourth-order valence-corrected chi connectivity index (χ4v) is 3.69. The largest absolute Gasteiger partial charge is 0.507 e. The van der Waals surface area contributed by atoms with Gasteiger partial charge in [-0.25, -0.2) is 10.5 Å². The number of nitrogens with zero attached hydrogens (tertiary/aromatic N) is 3. The van der Waals surface area contributed by atoms with Gasteiger partial charge in [0.25, 0.3) is 0 Å². The SMILES string of the molecule is Cc1cc(C)c(CSc2n[nH]c(N/N=C/c3ccccc3O)n2)c(C)c1. The molecule has 26 heavy (non-hydrogen) atoms. The molecule has 0 atom stereocenters. The molecule has 0 aliphatic carbocycles. The number of para-hydroxylation sites is 1. The van der Waals surface area contributed by atoms with Gasteiger partial charge in [-0.1, -0.05) is 41.6 Å². The van der Waals surface area contributed by atoms with Crippen LogP contribution in [0.5, 0.6) is 5.75 Å². The molecule has 3 rings (SSSR count). The highest BCUT2D eigenvalue weighted by molar-refractivity contribution is 7.98. The molecule has 6 nitrogen and oxygen atoms in total. The smallest absolute Gasteiger partial charge is 0.240 e. The predicted octanol–water partition coefficient (Wildman–Crippen LogP) is 4.17. The molecule has 3 N–H and O–H groups in total. The van der Waals surface area contributed by atoms with Crippen molar-refractivity contribution in [3.8, 4) is 5.75 Å². The van der Waals surface area contributed by atoms with Gasteiger partial charge in [-0.15, -0.1) is 5.10 Å². The third kappa shape index (κ3) is 4.43. The van der Waals surface area contributed by atoms with E-state index in [2.05, 4.69) is 58.6 Å². The van der Waals surface area contributed by atoms with Crippen LogP contribution in [-0.2, 0) is 5.75 Å². The Labute approximate surface area is 156 Å². The molecule has 0 aliphatic heterocycles. The molecule has 2 aromatic carbocycles. The summed E-state index contributed by atoms with van der Waals surface area (Å²) >= 11 is 1.58. The first kappa shape index (κ1) is 18.0. The Bertz CT molecular complexity index is 912. The third-order valence-corrected chi connectivity index (χ3v) is 4.84. The van der Waals surface area contributed by atoms with Crippen LogP contribution in [0.4, 0.5) is 5.95 Å². The number of anilines is 1. The van der Waals surface area contributed by atoms with E-state index in [1.807, 2.05) is 6.07 Å². The first-order valence-electron chi connectivity index (χ1n) is 8.22. The molecule has 0 spiro atoms. The molecular weight excluding hydrogens is 346 g/mol. The Balaban J connectivity index is 1.59. The summed E-state index contributed by atoms with van der Waals surface area (Å²) < 4.78 is 0. The minimum atomic E-state index is 0.177. The highest BCUT2D eigenvalue weighted by Crippen LogP contribution is 2.25. The maximum Gasteiger partial charge on any atom is 0.240 e. The fourth-order valence-electron chi connectivity index (χ4n) is 2.69. The monoisotopic (exact) mass is 367 g/mol. The van der Waals surface area contributed by atoms with Crippen LogP contribution in [0.3, 0.4) is 0 Å². The van der Waals surface area contributed by atoms with E-state index in [0.29, 0.717) is 16.7 Å². The molecule has 0 saturated carbocycles. The van der Waals surface area contributed by atoms with Crippen LogP contribution in [0.15, 0.2) is 46.7 Å². The highest BCUT2D eigenvalue weighted by Gasteiger charge is 2.08. The minimum absolute atomic E-state index is 0.177. The first-order chi connectivity index (χ1) is 12.5. The van der Waals surface area contributed by atoms with Crippen molar-refractivity contribution in [1.29, 1.82) is 0 Å². The van der Waals surface area contributed by atoms with Crippen molar-refractivity contribution in [3.63, 3.8) is 0 Å². The number of aromatic amines is 1. The second kappa shape index (κ2) is 8.05. The van der Waals surface area contributed by atoms with E-state index in [-0.39, 0.29) is 5.75 Å². The van der Waals surface area contributed by atoms with Crippen LogP contribution in [0.2, 0.25) is 0 Å².